The van der Waals surface area contributed by atoms with Crippen LogP contribution in [0.15, 0.2) is 91.0 Å². The maximum absolute atomic E-state index is 11.8. The van der Waals surface area contributed by atoms with Crippen molar-refractivity contribution in [2.24, 2.45) is 0 Å². The largest absolute Gasteiger partial charge is 0.289 e. The lowest BCUT2D eigenvalue weighted by molar-refractivity contribution is 0.103. The van der Waals surface area contributed by atoms with E-state index in [1.54, 1.807) is 0 Å². The second-order valence-corrected chi connectivity index (χ2v) is 4.90. The van der Waals surface area contributed by atoms with E-state index in [9.17, 15) is 4.79 Å². The molecule has 1 heteroatoms. The average Bonchev–Trinajstić information content (AvgIpc) is 2.64. The molecule has 0 saturated carbocycles. The minimum Gasteiger partial charge on any atom is -0.289 e. The maximum Gasteiger partial charge on any atom is 0.193 e. The first-order valence-corrected chi connectivity index (χ1v) is 7.50. The molecule has 0 bridgehead atoms. The van der Waals surface area contributed by atoms with Crippen LogP contribution in [0.1, 0.15) is 28.4 Å². The van der Waals surface area contributed by atoms with Crippen molar-refractivity contribution in [3.05, 3.63) is 108 Å². The minimum absolute atomic E-state index is 0.0752. The third-order valence-electron chi connectivity index (χ3n) is 3.32. The van der Waals surface area contributed by atoms with E-state index in [4.69, 9.17) is 0 Å². The second kappa shape index (κ2) is 8.58. The van der Waals surface area contributed by atoms with Gasteiger partial charge in [-0.2, -0.15) is 0 Å². The molecule has 22 heavy (non-hydrogen) atoms. The van der Waals surface area contributed by atoms with Gasteiger partial charge < -0.3 is 0 Å². The molecule has 0 heterocycles. The van der Waals surface area contributed by atoms with Gasteiger partial charge in [0.2, 0.25) is 0 Å². The number of carbonyl (C=O) groups excluding carboxylic acids is 1. The van der Waals surface area contributed by atoms with Crippen LogP contribution in [0.4, 0.5) is 0 Å². The van der Waals surface area contributed by atoms with Crippen LogP contribution in [0.5, 0.6) is 0 Å². The van der Waals surface area contributed by atoms with Gasteiger partial charge >= 0.3 is 0 Å². The molecule has 0 unspecified atom stereocenters. The summed E-state index contributed by atoms with van der Waals surface area (Å²) in [6.07, 6.45) is 1.14. The van der Waals surface area contributed by atoms with Crippen molar-refractivity contribution in [2.45, 2.75) is 13.3 Å². The van der Waals surface area contributed by atoms with E-state index in [2.05, 4.69) is 31.2 Å². The summed E-state index contributed by atoms with van der Waals surface area (Å²) in [6.45, 7) is 2.16. The highest BCUT2D eigenvalue weighted by Crippen LogP contribution is 2.08. The van der Waals surface area contributed by atoms with Crippen molar-refractivity contribution in [1.29, 1.82) is 0 Å². The third kappa shape index (κ3) is 4.71. The zero-order valence-corrected chi connectivity index (χ0v) is 12.8. The summed E-state index contributed by atoms with van der Waals surface area (Å²) in [5, 5.41) is 0. The molecule has 1 nitrogen and oxygen atoms in total. The Morgan fingerprint density at radius 3 is 1.32 bits per heavy atom. The average molecular weight is 288 g/mol. The van der Waals surface area contributed by atoms with Gasteiger partial charge in [0.1, 0.15) is 0 Å². The van der Waals surface area contributed by atoms with E-state index in [1.807, 2.05) is 66.7 Å². The standard InChI is InChI=1S/C13H10O.C8H10/c14-13(11-7-3-1-4-8-11)12-9-5-2-6-10-12;1-2-8-6-4-3-5-7-8/h1-10H;3-7H,2H2,1H3. The Hall–Kier alpha value is -2.67. The van der Waals surface area contributed by atoms with E-state index >= 15 is 0 Å². The Labute approximate surface area is 132 Å². The van der Waals surface area contributed by atoms with E-state index in [0.717, 1.165) is 17.5 Å². The van der Waals surface area contributed by atoms with Gasteiger partial charge in [0.25, 0.3) is 0 Å². The summed E-state index contributed by atoms with van der Waals surface area (Å²) in [6, 6.07) is 29.1. The van der Waals surface area contributed by atoms with Crippen LogP contribution in [-0.2, 0) is 6.42 Å². The molecule has 0 amide bonds. The van der Waals surface area contributed by atoms with Gasteiger partial charge in [-0.05, 0) is 12.0 Å². The Morgan fingerprint density at radius 1 is 0.636 bits per heavy atom. The first-order valence-electron chi connectivity index (χ1n) is 7.50. The monoisotopic (exact) mass is 288 g/mol. The molecule has 3 rings (SSSR count). The first kappa shape index (κ1) is 15.7. The lowest BCUT2D eigenvalue weighted by atomic mass is 10.0. The molecule has 0 radical (unpaired) electrons. The maximum atomic E-state index is 11.8. The first-order chi connectivity index (χ1) is 10.8. The summed E-state index contributed by atoms with van der Waals surface area (Å²) >= 11 is 0. The summed E-state index contributed by atoms with van der Waals surface area (Å²) < 4.78 is 0. The summed E-state index contributed by atoms with van der Waals surface area (Å²) in [7, 11) is 0. The highest BCUT2D eigenvalue weighted by molar-refractivity contribution is 6.08. The Bertz CT molecular complexity index is 631. The van der Waals surface area contributed by atoms with Crippen molar-refractivity contribution < 1.29 is 4.79 Å². The number of benzene rings is 3. The van der Waals surface area contributed by atoms with Gasteiger partial charge in [0, 0.05) is 11.1 Å². The van der Waals surface area contributed by atoms with Crippen LogP contribution in [0.25, 0.3) is 0 Å². The summed E-state index contributed by atoms with van der Waals surface area (Å²) in [4.78, 5) is 11.8. The fraction of sp³-hybridized carbons (Fsp3) is 0.0952. The van der Waals surface area contributed by atoms with Crippen LogP contribution in [0.2, 0.25) is 0 Å². The Morgan fingerprint density at radius 2 is 1.00 bits per heavy atom. The molecular weight excluding hydrogens is 268 g/mol. The molecule has 0 aliphatic heterocycles. The Kier molecular flexibility index (Phi) is 6.13. The topological polar surface area (TPSA) is 17.1 Å². The van der Waals surface area contributed by atoms with E-state index in [0.29, 0.717) is 0 Å². The molecule has 0 saturated heterocycles. The van der Waals surface area contributed by atoms with E-state index in [1.165, 1.54) is 5.56 Å². The fourth-order valence-corrected chi connectivity index (χ4v) is 2.06. The number of ketones is 1. The van der Waals surface area contributed by atoms with Crippen LogP contribution >= 0.6 is 0 Å². The van der Waals surface area contributed by atoms with Crippen molar-refractivity contribution in [1.82, 2.24) is 0 Å². The number of rotatable bonds is 3. The molecule has 0 aliphatic rings. The molecule has 110 valence electrons. The predicted molar refractivity (Wildman–Crippen MR) is 92.1 cm³/mol. The highest BCUT2D eigenvalue weighted by atomic mass is 16.1. The van der Waals surface area contributed by atoms with Crippen molar-refractivity contribution in [3.8, 4) is 0 Å². The van der Waals surface area contributed by atoms with Crippen molar-refractivity contribution in [3.63, 3.8) is 0 Å². The van der Waals surface area contributed by atoms with Crippen LogP contribution in [-0.4, -0.2) is 5.78 Å². The lowest BCUT2D eigenvalue weighted by Gasteiger charge is -1.99. The zero-order chi connectivity index (χ0) is 15.6. The number of aryl methyl sites for hydroxylation is 1. The zero-order valence-electron chi connectivity index (χ0n) is 12.8. The van der Waals surface area contributed by atoms with Gasteiger partial charge in [-0.1, -0.05) is 97.9 Å². The number of hydrogen-bond acceptors (Lipinski definition) is 1. The van der Waals surface area contributed by atoms with Crippen LogP contribution in [0, 0.1) is 0 Å². The summed E-state index contributed by atoms with van der Waals surface area (Å²) in [5.74, 6) is 0.0752. The molecule has 3 aromatic rings. The summed E-state index contributed by atoms with van der Waals surface area (Å²) in [5.41, 5.74) is 2.88. The molecular formula is C21H20O. The normalized spacial score (nSPS) is 9.50. The van der Waals surface area contributed by atoms with Gasteiger partial charge in [-0.3, -0.25) is 4.79 Å². The lowest BCUT2D eigenvalue weighted by Crippen LogP contribution is -1.99. The number of carbonyl (C=O) groups is 1. The van der Waals surface area contributed by atoms with Gasteiger partial charge in [-0.25, -0.2) is 0 Å². The second-order valence-electron chi connectivity index (χ2n) is 4.90. The quantitative estimate of drug-likeness (QED) is 0.608. The Balaban J connectivity index is 0.000000188. The molecule has 0 spiro atoms. The molecule has 0 atom stereocenters. The minimum atomic E-state index is 0.0752. The van der Waals surface area contributed by atoms with Crippen LogP contribution < -0.4 is 0 Å². The van der Waals surface area contributed by atoms with E-state index < -0.39 is 0 Å². The van der Waals surface area contributed by atoms with Gasteiger partial charge in [0.05, 0.1) is 0 Å². The smallest absolute Gasteiger partial charge is 0.193 e. The molecule has 0 aromatic heterocycles. The highest BCUT2D eigenvalue weighted by Gasteiger charge is 2.06. The van der Waals surface area contributed by atoms with E-state index in [-0.39, 0.29) is 5.78 Å². The fourth-order valence-electron chi connectivity index (χ4n) is 2.06. The molecule has 3 aromatic carbocycles. The molecule has 0 aliphatic carbocycles. The van der Waals surface area contributed by atoms with Crippen LogP contribution in [0.3, 0.4) is 0 Å². The molecule has 0 fully saturated rings. The number of hydrogen-bond donors (Lipinski definition) is 0. The van der Waals surface area contributed by atoms with Gasteiger partial charge in [-0.15, -0.1) is 0 Å². The third-order valence-corrected chi connectivity index (χ3v) is 3.32. The predicted octanol–water partition coefficient (Wildman–Crippen LogP) is 5.17. The van der Waals surface area contributed by atoms with Gasteiger partial charge in [0.15, 0.2) is 5.78 Å². The SMILES string of the molecule is CCc1ccccc1.O=C(c1ccccc1)c1ccccc1. The van der Waals surface area contributed by atoms with Crippen molar-refractivity contribution >= 4 is 5.78 Å². The van der Waals surface area contributed by atoms with Crippen molar-refractivity contribution in [2.75, 3.05) is 0 Å². The molecule has 0 N–H and O–H groups in total.